The summed E-state index contributed by atoms with van der Waals surface area (Å²) in [5.41, 5.74) is 3.13. The maximum absolute atomic E-state index is 4.31. The number of aromatic nitrogens is 4. The Hall–Kier alpha value is -1.62. The van der Waals surface area contributed by atoms with Crippen LogP contribution in [0.1, 0.15) is 24.5 Å². The molecular formula is C11H15N5. The molecule has 0 amide bonds. The molecule has 1 atom stereocenters. The quantitative estimate of drug-likeness (QED) is 0.709. The molecule has 5 heteroatoms. The van der Waals surface area contributed by atoms with Crippen molar-refractivity contribution in [2.75, 3.05) is 13.1 Å². The van der Waals surface area contributed by atoms with Gasteiger partial charge in [-0.1, -0.05) is 0 Å². The molecule has 84 valence electrons. The Bertz CT molecular complexity index is 439. The molecule has 5 nitrogen and oxygen atoms in total. The van der Waals surface area contributed by atoms with Crippen LogP contribution in [-0.2, 0) is 0 Å². The van der Waals surface area contributed by atoms with Crippen LogP contribution in [0.25, 0.3) is 11.4 Å². The molecule has 3 rings (SSSR count). The van der Waals surface area contributed by atoms with Gasteiger partial charge in [0.1, 0.15) is 5.69 Å². The van der Waals surface area contributed by atoms with Crippen molar-refractivity contribution in [2.24, 2.45) is 0 Å². The second-order valence-corrected chi connectivity index (χ2v) is 4.22. The topological polar surface area (TPSA) is 69.4 Å². The zero-order valence-electron chi connectivity index (χ0n) is 9.03. The molecule has 1 saturated heterocycles. The van der Waals surface area contributed by atoms with Gasteiger partial charge in [0.15, 0.2) is 0 Å². The summed E-state index contributed by atoms with van der Waals surface area (Å²) in [5.74, 6) is 0.568. The van der Waals surface area contributed by atoms with E-state index in [1.165, 1.54) is 18.5 Å². The van der Waals surface area contributed by atoms with E-state index in [0.29, 0.717) is 5.92 Å². The Labute approximate surface area is 93.7 Å². The molecule has 0 saturated carbocycles. The molecule has 3 N–H and O–H groups in total. The van der Waals surface area contributed by atoms with Crippen molar-refractivity contribution < 1.29 is 0 Å². The highest BCUT2D eigenvalue weighted by molar-refractivity contribution is 5.53. The third-order valence-electron chi connectivity index (χ3n) is 3.11. The first-order chi connectivity index (χ1) is 7.93. The van der Waals surface area contributed by atoms with Crippen LogP contribution in [0.4, 0.5) is 0 Å². The summed E-state index contributed by atoms with van der Waals surface area (Å²) in [6.07, 6.45) is 4.21. The first kappa shape index (κ1) is 9.59. The Kier molecular flexibility index (Phi) is 2.46. The highest BCUT2D eigenvalue weighted by Crippen LogP contribution is 2.24. The normalized spacial score (nSPS) is 21.1. The van der Waals surface area contributed by atoms with Crippen molar-refractivity contribution in [3.63, 3.8) is 0 Å². The van der Waals surface area contributed by atoms with E-state index in [0.717, 1.165) is 24.5 Å². The summed E-state index contributed by atoms with van der Waals surface area (Å²) in [7, 11) is 0. The van der Waals surface area contributed by atoms with E-state index >= 15 is 0 Å². The molecule has 2 aromatic heterocycles. The van der Waals surface area contributed by atoms with Gasteiger partial charge in [0.2, 0.25) is 0 Å². The van der Waals surface area contributed by atoms with E-state index < -0.39 is 0 Å². The third kappa shape index (κ3) is 1.74. The number of nitrogens with one attached hydrogen (secondary N) is 3. The monoisotopic (exact) mass is 217 g/mol. The molecule has 16 heavy (non-hydrogen) atoms. The summed E-state index contributed by atoms with van der Waals surface area (Å²) in [6.45, 7) is 2.18. The van der Waals surface area contributed by atoms with E-state index in [9.17, 15) is 0 Å². The first-order valence-corrected chi connectivity index (χ1v) is 5.69. The van der Waals surface area contributed by atoms with Gasteiger partial charge in [0, 0.05) is 24.4 Å². The van der Waals surface area contributed by atoms with Gasteiger partial charge >= 0.3 is 0 Å². The van der Waals surface area contributed by atoms with Crippen molar-refractivity contribution in [1.29, 1.82) is 0 Å². The standard InChI is InChI=1S/C11H15N5/c1-2-8(7-12-4-1)10-6-11(16-15-10)9-3-5-13-14-9/h3,5-6,8,12H,1-2,4,7H2,(H,13,14)(H,15,16). The van der Waals surface area contributed by atoms with Crippen molar-refractivity contribution in [1.82, 2.24) is 25.7 Å². The number of nitrogens with zero attached hydrogens (tertiary/aromatic N) is 2. The highest BCUT2D eigenvalue weighted by Gasteiger charge is 2.17. The minimum Gasteiger partial charge on any atom is -0.316 e. The zero-order chi connectivity index (χ0) is 10.8. The summed E-state index contributed by atoms with van der Waals surface area (Å²) in [6, 6.07) is 4.05. The van der Waals surface area contributed by atoms with Crippen molar-refractivity contribution in [2.45, 2.75) is 18.8 Å². The maximum Gasteiger partial charge on any atom is 0.110 e. The van der Waals surface area contributed by atoms with E-state index in [2.05, 4.69) is 31.8 Å². The third-order valence-corrected chi connectivity index (χ3v) is 3.11. The number of rotatable bonds is 2. The molecule has 0 aromatic carbocycles. The van der Waals surface area contributed by atoms with Crippen LogP contribution in [-0.4, -0.2) is 33.5 Å². The Morgan fingerprint density at radius 2 is 2.31 bits per heavy atom. The fraction of sp³-hybridized carbons (Fsp3) is 0.455. The smallest absolute Gasteiger partial charge is 0.110 e. The van der Waals surface area contributed by atoms with Gasteiger partial charge in [-0.25, -0.2) is 0 Å². The van der Waals surface area contributed by atoms with E-state index in [4.69, 9.17) is 0 Å². The summed E-state index contributed by atoms with van der Waals surface area (Å²) < 4.78 is 0. The molecule has 1 fully saturated rings. The van der Waals surface area contributed by atoms with Gasteiger partial charge in [-0.15, -0.1) is 0 Å². The van der Waals surface area contributed by atoms with E-state index in [1.54, 1.807) is 6.20 Å². The van der Waals surface area contributed by atoms with Crippen LogP contribution in [0.3, 0.4) is 0 Å². The van der Waals surface area contributed by atoms with Crippen molar-refractivity contribution in [3.8, 4) is 11.4 Å². The largest absolute Gasteiger partial charge is 0.316 e. The van der Waals surface area contributed by atoms with Crippen LogP contribution in [0.15, 0.2) is 18.3 Å². The molecule has 0 spiro atoms. The van der Waals surface area contributed by atoms with Gasteiger partial charge in [0.05, 0.1) is 5.69 Å². The molecular weight excluding hydrogens is 202 g/mol. The lowest BCUT2D eigenvalue weighted by molar-refractivity contribution is 0.454. The lowest BCUT2D eigenvalue weighted by Gasteiger charge is -2.21. The van der Waals surface area contributed by atoms with E-state index in [1.807, 2.05) is 6.07 Å². The van der Waals surface area contributed by atoms with Gasteiger partial charge in [-0.2, -0.15) is 10.2 Å². The second-order valence-electron chi connectivity index (χ2n) is 4.22. The molecule has 0 aliphatic carbocycles. The predicted molar refractivity (Wildman–Crippen MR) is 61.0 cm³/mol. The van der Waals surface area contributed by atoms with E-state index in [-0.39, 0.29) is 0 Å². The van der Waals surface area contributed by atoms with Crippen molar-refractivity contribution >= 4 is 0 Å². The molecule has 1 aliphatic heterocycles. The SMILES string of the molecule is c1cc(-c2cc(C3CCCNC3)[nH]n2)[nH]n1. The van der Waals surface area contributed by atoms with Crippen LogP contribution >= 0.6 is 0 Å². The van der Waals surface area contributed by atoms with Crippen LogP contribution in [0, 0.1) is 0 Å². The summed E-state index contributed by atoms with van der Waals surface area (Å²) in [5, 5.41) is 17.7. The molecule has 1 aliphatic rings. The summed E-state index contributed by atoms with van der Waals surface area (Å²) in [4.78, 5) is 0. The lowest BCUT2D eigenvalue weighted by atomic mass is 9.96. The number of aromatic amines is 2. The zero-order valence-corrected chi connectivity index (χ0v) is 9.03. The Morgan fingerprint density at radius 3 is 3.06 bits per heavy atom. The predicted octanol–water partition coefficient (Wildman–Crippen LogP) is 1.27. The number of hydrogen-bond donors (Lipinski definition) is 3. The van der Waals surface area contributed by atoms with Gasteiger partial charge < -0.3 is 5.32 Å². The minimum atomic E-state index is 0.568. The number of H-pyrrole nitrogens is 2. The molecule has 3 heterocycles. The lowest BCUT2D eigenvalue weighted by Crippen LogP contribution is -2.28. The van der Waals surface area contributed by atoms with Gasteiger partial charge in [0.25, 0.3) is 0 Å². The van der Waals surface area contributed by atoms with Crippen LogP contribution < -0.4 is 5.32 Å². The molecule has 2 aromatic rings. The Balaban J connectivity index is 1.82. The average molecular weight is 217 g/mol. The van der Waals surface area contributed by atoms with Crippen LogP contribution in [0.2, 0.25) is 0 Å². The fourth-order valence-electron chi connectivity index (χ4n) is 2.20. The van der Waals surface area contributed by atoms with Gasteiger partial charge in [-0.3, -0.25) is 10.2 Å². The fourth-order valence-corrected chi connectivity index (χ4v) is 2.20. The Morgan fingerprint density at radius 1 is 1.31 bits per heavy atom. The number of hydrogen-bond acceptors (Lipinski definition) is 3. The molecule has 0 radical (unpaired) electrons. The minimum absolute atomic E-state index is 0.568. The molecule has 0 bridgehead atoms. The average Bonchev–Trinajstić information content (AvgIpc) is 3.01. The van der Waals surface area contributed by atoms with Gasteiger partial charge in [-0.05, 0) is 31.5 Å². The van der Waals surface area contributed by atoms with Crippen molar-refractivity contribution in [3.05, 3.63) is 24.0 Å². The summed E-state index contributed by atoms with van der Waals surface area (Å²) >= 11 is 0. The van der Waals surface area contributed by atoms with Crippen LogP contribution in [0.5, 0.6) is 0 Å². The first-order valence-electron chi connectivity index (χ1n) is 5.69. The maximum atomic E-state index is 4.31. The number of piperidine rings is 1. The molecule has 1 unspecified atom stereocenters. The second kappa shape index (κ2) is 4.09. The highest BCUT2D eigenvalue weighted by atomic mass is 15.2.